The van der Waals surface area contributed by atoms with Gasteiger partial charge >= 0.3 is 6.18 Å². The summed E-state index contributed by atoms with van der Waals surface area (Å²) >= 11 is 0. The van der Waals surface area contributed by atoms with Crippen molar-refractivity contribution in [3.05, 3.63) is 84.4 Å². The van der Waals surface area contributed by atoms with E-state index in [2.05, 4.69) is 19.8 Å². The van der Waals surface area contributed by atoms with Crippen molar-refractivity contribution in [2.24, 2.45) is 0 Å². The predicted molar refractivity (Wildman–Crippen MR) is 113 cm³/mol. The van der Waals surface area contributed by atoms with Crippen molar-refractivity contribution in [1.82, 2.24) is 19.7 Å². The van der Waals surface area contributed by atoms with Gasteiger partial charge in [-0.1, -0.05) is 6.07 Å². The lowest BCUT2D eigenvalue weighted by molar-refractivity contribution is -0.137. The molecule has 12 heteroatoms. The zero-order chi connectivity index (χ0) is 23.6. The van der Waals surface area contributed by atoms with E-state index in [9.17, 15) is 21.6 Å². The number of anilines is 1. The molecule has 0 bridgehead atoms. The van der Waals surface area contributed by atoms with Crippen LogP contribution in [0.15, 0.2) is 78.0 Å². The summed E-state index contributed by atoms with van der Waals surface area (Å²) in [5.74, 6) is 1.59. The van der Waals surface area contributed by atoms with E-state index >= 15 is 0 Å². The number of alkyl halides is 3. The minimum Gasteiger partial charge on any atom is -0.439 e. The highest BCUT2D eigenvalue weighted by molar-refractivity contribution is 7.92. The van der Waals surface area contributed by atoms with Gasteiger partial charge in [0.25, 0.3) is 10.0 Å². The molecule has 0 saturated carbocycles. The first kappa shape index (κ1) is 22.3. The summed E-state index contributed by atoms with van der Waals surface area (Å²) < 4.78 is 73.2. The third kappa shape index (κ3) is 5.29. The maximum atomic E-state index is 12.9. The van der Waals surface area contributed by atoms with E-state index in [1.807, 2.05) is 0 Å². The number of ether oxygens (including phenoxy) is 1. The average molecular weight is 475 g/mol. The molecule has 0 aliphatic carbocycles. The maximum Gasteiger partial charge on any atom is 0.416 e. The van der Waals surface area contributed by atoms with Crippen molar-refractivity contribution in [2.45, 2.75) is 18.0 Å². The summed E-state index contributed by atoms with van der Waals surface area (Å²) in [6.45, 7) is 1.70. The molecule has 4 aromatic rings. The second-order valence-electron chi connectivity index (χ2n) is 6.82. The maximum absolute atomic E-state index is 12.9. The molecule has 0 aliphatic heterocycles. The normalized spacial score (nSPS) is 11.9. The summed E-state index contributed by atoms with van der Waals surface area (Å²) in [6, 6.07) is 12.7. The van der Waals surface area contributed by atoms with Gasteiger partial charge in [0, 0.05) is 24.1 Å². The summed E-state index contributed by atoms with van der Waals surface area (Å²) in [7, 11) is -4.23. The quantitative estimate of drug-likeness (QED) is 0.438. The second kappa shape index (κ2) is 8.54. The number of rotatable bonds is 6. The van der Waals surface area contributed by atoms with Gasteiger partial charge < -0.3 is 4.74 Å². The molecule has 0 saturated heterocycles. The first-order chi connectivity index (χ1) is 15.6. The Labute approximate surface area is 186 Å². The first-order valence-electron chi connectivity index (χ1n) is 9.44. The highest BCUT2D eigenvalue weighted by Gasteiger charge is 2.31. The SMILES string of the molecule is Cc1nc(Oc2ccc(NS(=O)(=O)c3cccc(C(F)(F)F)c3)cc2)cc(-n2cccn2)n1. The minimum absolute atomic E-state index is 0.149. The fourth-order valence-corrected chi connectivity index (χ4v) is 3.97. The standard InChI is InChI=1S/C21H16F3N5O3S/c1-14-26-19(29-11-3-10-25-29)13-20(27-14)32-17-8-6-16(7-9-17)28-33(30,31)18-5-2-4-15(12-18)21(22,23)24/h2-13,28H,1H3. The Morgan fingerprint density at radius 1 is 1.00 bits per heavy atom. The molecule has 8 nitrogen and oxygen atoms in total. The monoisotopic (exact) mass is 475 g/mol. The Morgan fingerprint density at radius 2 is 1.76 bits per heavy atom. The molecular formula is C21H16F3N5O3S. The molecule has 1 N–H and O–H groups in total. The van der Waals surface area contributed by atoms with E-state index in [0.29, 0.717) is 23.5 Å². The van der Waals surface area contributed by atoms with Crippen LogP contribution in [0.3, 0.4) is 0 Å². The minimum atomic E-state index is -4.65. The molecule has 0 unspecified atom stereocenters. The van der Waals surface area contributed by atoms with Gasteiger partial charge in [-0.15, -0.1) is 0 Å². The topological polar surface area (TPSA) is 99.0 Å². The van der Waals surface area contributed by atoms with Crippen LogP contribution >= 0.6 is 0 Å². The molecule has 2 aromatic heterocycles. The zero-order valence-corrected chi connectivity index (χ0v) is 17.8. The van der Waals surface area contributed by atoms with Crippen LogP contribution in [0.25, 0.3) is 5.82 Å². The number of nitrogens with zero attached hydrogens (tertiary/aromatic N) is 4. The number of aromatic nitrogens is 4. The largest absolute Gasteiger partial charge is 0.439 e. The van der Waals surface area contributed by atoms with Crippen LogP contribution in [0.2, 0.25) is 0 Å². The van der Waals surface area contributed by atoms with Crippen molar-refractivity contribution in [2.75, 3.05) is 4.72 Å². The lowest BCUT2D eigenvalue weighted by atomic mass is 10.2. The summed E-state index contributed by atoms with van der Waals surface area (Å²) in [4.78, 5) is 8.00. The smallest absolute Gasteiger partial charge is 0.416 e. The fraction of sp³-hybridized carbons (Fsp3) is 0.0952. The van der Waals surface area contributed by atoms with Crippen molar-refractivity contribution < 1.29 is 26.3 Å². The van der Waals surface area contributed by atoms with Gasteiger partial charge in [-0.25, -0.2) is 18.1 Å². The number of benzene rings is 2. The van der Waals surface area contributed by atoms with Gasteiger partial charge in [-0.3, -0.25) is 4.72 Å². The summed E-state index contributed by atoms with van der Waals surface area (Å²) in [6.07, 6.45) is -1.32. The Hall–Kier alpha value is -3.93. The molecule has 0 aliphatic rings. The number of sulfonamides is 1. The zero-order valence-electron chi connectivity index (χ0n) is 17.0. The van der Waals surface area contributed by atoms with Crippen LogP contribution in [0.1, 0.15) is 11.4 Å². The first-order valence-corrected chi connectivity index (χ1v) is 10.9. The molecule has 2 aromatic carbocycles. The Bertz CT molecular complexity index is 1370. The van der Waals surface area contributed by atoms with Crippen LogP contribution in [0, 0.1) is 6.92 Å². The lowest BCUT2D eigenvalue weighted by Gasteiger charge is -2.12. The molecular weight excluding hydrogens is 459 g/mol. The van der Waals surface area contributed by atoms with E-state index in [-0.39, 0.29) is 11.6 Å². The predicted octanol–water partition coefficient (Wildman–Crippen LogP) is 4.58. The van der Waals surface area contributed by atoms with E-state index in [0.717, 1.165) is 18.2 Å². The molecule has 0 spiro atoms. The van der Waals surface area contributed by atoms with Gasteiger partial charge in [-0.05, 0) is 55.5 Å². The van der Waals surface area contributed by atoms with Crippen molar-refractivity contribution >= 4 is 15.7 Å². The molecule has 33 heavy (non-hydrogen) atoms. The van der Waals surface area contributed by atoms with Crippen LogP contribution in [-0.2, 0) is 16.2 Å². The number of nitrogens with one attached hydrogen (secondary N) is 1. The highest BCUT2D eigenvalue weighted by atomic mass is 32.2. The van der Waals surface area contributed by atoms with Crippen LogP contribution in [-0.4, -0.2) is 28.2 Å². The lowest BCUT2D eigenvalue weighted by Crippen LogP contribution is -2.14. The molecule has 2 heterocycles. The van der Waals surface area contributed by atoms with Gasteiger partial charge in [0.1, 0.15) is 11.6 Å². The van der Waals surface area contributed by atoms with Gasteiger partial charge in [0.15, 0.2) is 5.82 Å². The van der Waals surface area contributed by atoms with E-state index in [1.165, 1.54) is 24.3 Å². The average Bonchev–Trinajstić information content (AvgIpc) is 3.29. The van der Waals surface area contributed by atoms with Crippen molar-refractivity contribution in [3.8, 4) is 17.4 Å². The fourth-order valence-electron chi connectivity index (χ4n) is 2.86. The summed E-state index contributed by atoms with van der Waals surface area (Å²) in [5.41, 5.74) is -0.903. The van der Waals surface area contributed by atoms with Crippen LogP contribution in [0.4, 0.5) is 18.9 Å². The molecule has 0 atom stereocenters. The van der Waals surface area contributed by atoms with E-state index < -0.39 is 26.7 Å². The van der Waals surface area contributed by atoms with Crippen molar-refractivity contribution in [3.63, 3.8) is 0 Å². The van der Waals surface area contributed by atoms with E-state index in [1.54, 1.807) is 36.1 Å². The van der Waals surface area contributed by atoms with Crippen LogP contribution < -0.4 is 9.46 Å². The Balaban J connectivity index is 1.50. The number of aryl methyl sites for hydroxylation is 1. The Morgan fingerprint density at radius 3 is 2.42 bits per heavy atom. The molecule has 170 valence electrons. The third-order valence-electron chi connectivity index (χ3n) is 4.34. The number of hydrogen-bond donors (Lipinski definition) is 1. The number of hydrogen-bond acceptors (Lipinski definition) is 6. The van der Waals surface area contributed by atoms with Gasteiger partial charge in [-0.2, -0.15) is 23.3 Å². The molecule has 4 rings (SSSR count). The second-order valence-corrected chi connectivity index (χ2v) is 8.50. The summed E-state index contributed by atoms with van der Waals surface area (Å²) in [5, 5.41) is 4.11. The third-order valence-corrected chi connectivity index (χ3v) is 5.72. The van der Waals surface area contributed by atoms with Gasteiger partial charge in [0.2, 0.25) is 5.88 Å². The Kier molecular flexibility index (Phi) is 5.77. The molecule has 0 radical (unpaired) electrons. The van der Waals surface area contributed by atoms with Crippen LogP contribution in [0.5, 0.6) is 11.6 Å². The van der Waals surface area contributed by atoms with E-state index in [4.69, 9.17) is 4.74 Å². The molecule has 0 fully saturated rings. The van der Waals surface area contributed by atoms with Gasteiger partial charge in [0.05, 0.1) is 10.5 Å². The number of halogens is 3. The molecule has 0 amide bonds. The van der Waals surface area contributed by atoms with Crippen molar-refractivity contribution in [1.29, 1.82) is 0 Å². The highest BCUT2D eigenvalue weighted by Crippen LogP contribution is 2.31.